The summed E-state index contributed by atoms with van der Waals surface area (Å²) in [6.07, 6.45) is -0.559. The molecule has 0 aliphatic carbocycles. The molecule has 1 aromatic heterocycles. The maximum Gasteiger partial charge on any atom is 0.420 e. The van der Waals surface area contributed by atoms with Crippen LogP contribution in [0.3, 0.4) is 0 Å². The van der Waals surface area contributed by atoms with Crippen molar-refractivity contribution in [3.63, 3.8) is 0 Å². The van der Waals surface area contributed by atoms with Crippen LogP contribution in [-0.4, -0.2) is 16.3 Å². The van der Waals surface area contributed by atoms with Gasteiger partial charge in [0.15, 0.2) is 0 Å². The molecule has 0 spiro atoms. The zero-order chi connectivity index (χ0) is 11.6. The first-order valence-corrected chi connectivity index (χ1v) is 5.15. The topological polar surface area (TPSA) is 55.0 Å². The van der Waals surface area contributed by atoms with Crippen molar-refractivity contribution < 1.29 is 9.53 Å². The summed E-state index contributed by atoms with van der Waals surface area (Å²) < 4.78 is 6.84. The van der Waals surface area contributed by atoms with E-state index in [4.69, 9.17) is 10.00 Å². The Morgan fingerprint density at radius 3 is 2.60 bits per heavy atom. The zero-order valence-corrected chi connectivity index (χ0v) is 10.3. The van der Waals surface area contributed by atoms with Crippen molar-refractivity contribution in [1.82, 2.24) is 4.57 Å². The lowest BCUT2D eigenvalue weighted by Gasteiger charge is -2.20. The average molecular weight is 271 g/mol. The van der Waals surface area contributed by atoms with Gasteiger partial charge in [0.05, 0.1) is 4.60 Å². The zero-order valence-electron chi connectivity index (χ0n) is 8.74. The lowest BCUT2D eigenvalue weighted by molar-refractivity contribution is 0.0532. The number of ether oxygens (including phenoxy) is 1. The molecular weight excluding hydrogens is 260 g/mol. The molecule has 0 aromatic carbocycles. The van der Waals surface area contributed by atoms with E-state index >= 15 is 0 Å². The monoisotopic (exact) mass is 270 g/mol. The molecule has 0 N–H and O–H groups in total. The number of nitrogens with zero attached hydrogens (tertiary/aromatic N) is 2. The summed E-state index contributed by atoms with van der Waals surface area (Å²) in [6, 6.07) is 5.09. The molecule has 0 aliphatic rings. The van der Waals surface area contributed by atoms with Crippen molar-refractivity contribution in [2.75, 3.05) is 0 Å². The second kappa shape index (κ2) is 4.07. The minimum Gasteiger partial charge on any atom is -0.443 e. The van der Waals surface area contributed by atoms with Crippen molar-refractivity contribution in [2.24, 2.45) is 0 Å². The maximum absolute atomic E-state index is 11.7. The van der Waals surface area contributed by atoms with Crippen LogP contribution < -0.4 is 0 Å². The molecule has 0 aliphatic heterocycles. The van der Waals surface area contributed by atoms with Crippen LogP contribution >= 0.6 is 15.9 Å². The van der Waals surface area contributed by atoms with Crippen LogP contribution in [0, 0.1) is 11.3 Å². The van der Waals surface area contributed by atoms with E-state index in [-0.39, 0.29) is 5.69 Å². The van der Waals surface area contributed by atoms with E-state index in [9.17, 15) is 4.79 Å². The third-order valence-electron chi connectivity index (χ3n) is 1.52. The highest BCUT2D eigenvalue weighted by molar-refractivity contribution is 9.10. The molecule has 4 nitrogen and oxygen atoms in total. The van der Waals surface area contributed by atoms with Crippen molar-refractivity contribution in [2.45, 2.75) is 26.4 Å². The summed E-state index contributed by atoms with van der Waals surface area (Å²) in [6.45, 7) is 5.32. The van der Waals surface area contributed by atoms with Gasteiger partial charge in [0.1, 0.15) is 17.4 Å². The summed E-state index contributed by atoms with van der Waals surface area (Å²) in [5.74, 6) is 0. The number of hydrogen-bond acceptors (Lipinski definition) is 3. The van der Waals surface area contributed by atoms with Gasteiger partial charge in [-0.25, -0.2) is 9.36 Å². The summed E-state index contributed by atoms with van der Waals surface area (Å²) >= 11 is 3.18. The number of rotatable bonds is 0. The molecule has 0 fully saturated rings. The Morgan fingerprint density at radius 2 is 2.13 bits per heavy atom. The first-order chi connectivity index (χ1) is 6.85. The minimum atomic E-state index is -0.576. The second-order valence-electron chi connectivity index (χ2n) is 3.97. The van der Waals surface area contributed by atoms with E-state index < -0.39 is 11.7 Å². The molecule has 0 bridgehead atoms. The Kier molecular flexibility index (Phi) is 3.20. The van der Waals surface area contributed by atoms with Gasteiger partial charge in [0.2, 0.25) is 0 Å². The van der Waals surface area contributed by atoms with Crippen LogP contribution in [0.4, 0.5) is 4.79 Å². The third-order valence-corrected chi connectivity index (χ3v) is 2.14. The Labute approximate surface area is 96.6 Å². The molecule has 1 rings (SSSR count). The predicted octanol–water partition coefficient (Wildman–Crippen LogP) is 2.91. The molecule has 0 radical (unpaired) electrons. The van der Waals surface area contributed by atoms with Gasteiger partial charge in [0.25, 0.3) is 0 Å². The lowest BCUT2D eigenvalue weighted by atomic mass is 10.2. The van der Waals surface area contributed by atoms with Crippen molar-refractivity contribution in [3.8, 4) is 6.07 Å². The fraction of sp³-hybridized carbons (Fsp3) is 0.400. The van der Waals surface area contributed by atoms with Gasteiger partial charge < -0.3 is 4.74 Å². The van der Waals surface area contributed by atoms with Gasteiger partial charge in [-0.1, -0.05) is 0 Å². The fourth-order valence-electron chi connectivity index (χ4n) is 0.992. The number of nitriles is 1. The summed E-state index contributed by atoms with van der Waals surface area (Å²) in [4.78, 5) is 11.7. The highest BCUT2D eigenvalue weighted by Crippen LogP contribution is 2.18. The minimum absolute atomic E-state index is 0.246. The van der Waals surface area contributed by atoms with Gasteiger partial charge >= 0.3 is 6.09 Å². The van der Waals surface area contributed by atoms with E-state index in [0.29, 0.717) is 4.60 Å². The van der Waals surface area contributed by atoms with E-state index in [0.717, 1.165) is 0 Å². The number of halogens is 1. The van der Waals surface area contributed by atoms with Crippen LogP contribution in [0.1, 0.15) is 26.5 Å². The fourth-order valence-corrected chi connectivity index (χ4v) is 1.46. The largest absolute Gasteiger partial charge is 0.443 e. The molecule has 0 atom stereocenters. The Hall–Kier alpha value is -1.28. The van der Waals surface area contributed by atoms with Gasteiger partial charge in [-0.05, 0) is 48.8 Å². The Morgan fingerprint density at radius 1 is 1.53 bits per heavy atom. The first kappa shape index (κ1) is 11.8. The highest BCUT2D eigenvalue weighted by atomic mass is 79.9. The number of carbonyl (C=O) groups excluding carboxylic acids is 1. The molecule has 0 amide bonds. The van der Waals surface area contributed by atoms with Crippen LogP contribution in [0.15, 0.2) is 16.7 Å². The quantitative estimate of drug-likeness (QED) is 0.729. The van der Waals surface area contributed by atoms with E-state index in [1.165, 1.54) is 4.57 Å². The normalized spacial score (nSPS) is 10.9. The van der Waals surface area contributed by atoms with Gasteiger partial charge in [-0.15, -0.1) is 0 Å². The van der Waals surface area contributed by atoms with Gasteiger partial charge in [0, 0.05) is 0 Å². The first-order valence-electron chi connectivity index (χ1n) is 4.36. The lowest BCUT2D eigenvalue weighted by Crippen LogP contribution is -2.27. The smallest absolute Gasteiger partial charge is 0.420 e. The SMILES string of the molecule is CC(C)(C)OC(=O)n1c(Br)ccc1C#N. The second-order valence-corrected chi connectivity index (χ2v) is 4.78. The van der Waals surface area contributed by atoms with Crippen molar-refractivity contribution >= 4 is 22.0 Å². The molecular formula is C10H11BrN2O2. The number of aromatic nitrogens is 1. The predicted molar refractivity (Wildman–Crippen MR) is 58.5 cm³/mol. The average Bonchev–Trinajstić information content (AvgIpc) is 2.43. The molecule has 0 saturated carbocycles. The van der Waals surface area contributed by atoms with Crippen molar-refractivity contribution in [3.05, 3.63) is 22.4 Å². The Balaban J connectivity index is 3.02. The molecule has 0 unspecified atom stereocenters. The Bertz CT molecular complexity index is 424. The third kappa shape index (κ3) is 2.83. The molecule has 80 valence electrons. The van der Waals surface area contributed by atoms with Crippen molar-refractivity contribution in [1.29, 1.82) is 5.26 Å². The van der Waals surface area contributed by atoms with E-state index in [1.54, 1.807) is 32.9 Å². The van der Waals surface area contributed by atoms with Crippen LogP contribution in [-0.2, 0) is 4.74 Å². The standard InChI is InChI=1S/C10H11BrN2O2/c1-10(2,3)15-9(14)13-7(6-12)4-5-8(13)11/h4-5H,1-3H3. The van der Waals surface area contributed by atoms with E-state index in [1.807, 2.05) is 6.07 Å². The molecule has 1 heterocycles. The van der Waals surface area contributed by atoms with Crippen LogP contribution in [0.5, 0.6) is 0 Å². The van der Waals surface area contributed by atoms with Gasteiger partial charge in [-0.3, -0.25) is 0 Å². The molecule has 5 heteroatoms. The van der Waals surface area contributed by atoms with Crippen LogP contribution in [0.2, 0.25) is 0 Å². The number of hydrogen-bond donors (Lipinski definition) is 0. The van der Waals surface area contributed by atoms with Crippen LogP contribution in [0.25, 0.3) is 0 Å². The maximum atomic E-state index is 11.7. The summed E-state index contributed by atoms with van der Waals surface area (Å²) in [5, 5.41) is 8.78. The molecule has 0 saturated heterocycles. The van der Waals surface area contributed by atoms with Gasteiger partial charge in [-0.2, -0.15) is 5.26 Å². The summed E-state index contributed by atoms with van der Waals surface area (Å²) in [5.41, 5.74) is -0.329. The molecule has 15 heavy (non-hydrogen) atoms. The summed E-state index contributed by atoms with van der Waals surface area (Å²) in [7, 11) is 0. The number of carbonyl (C=O) groups is 1. The van der Waals surface area contributed by atoms with E-state index in [2.05, 4.69) is 15.9 Å². The molecule has 1 aromatic rings. The highest BCUT2D eigenvalue weighted by Gasteiger charge is 2.21.